The summed E-state index contributed by atoms with van der Waals surface area (Å²) in [5.74, 6) is 0.910. The van der Waals surface area contributed by atoms with Crippen molar-refractivity contribution in [3.8, 4) is 0 Å². The second-order valence-electron chi connectivity index (χ2n) is 7.57. The lowest BCUT2D eigenvalue weighted by Gasteiger charge is -2.45. The molecule has 0 bridgehead atoms. The highest BCUT2D eigenvalue weighted by molar-refractivity contribution is 4.95. The Labute approximate surface area is 130 Å². The monoisotopic (exact) mass is 294 g/mol. The van der Waals surface area contributed by atoms with Gasteiger partial charge in [0.2, 0.25) is 0 Å². The average molecular weight is 294 g/mol. The fourth-order valence-corrected chi connectivity index (χ4v) is 4.69. The molecule has 3 heteroatoms. The van der Waals surface area contributed by atoms with Crippen LogP contribution in [0, 0.1) is 5.92 Å². The number of ether oxygens (including phenoxy) is 1. The van der Waals surface area contributed by atoms with Crippen molar-refractivity contribution >= 4 is 0 Å². The third kappa shape index (κ3) is 4.00. The van der Waals surface area contributed by atoms with Crippen LogP contribution >= 0.6 is 0 Å². The summed E-state index contributed by atoms with van der Waals surface area (Å²) in [5, 5.41) is 3.60. The second kappa shape index (κ2) is 7.43. The molecule has 1 unspecified atom stereocenters. The zero-order valence-corrected chi connectivity index (χ0v) is 13.9. The third-order valence-corrected chi connectivity index (χ3v) is 6.01. The van der Waals surface area contributed by atoms with Crippen molar-refractivity contribution in [2.75, 3.05) is 32.8 Å². The maximum atomic E-state index is 6.20. The summed E-state index contributed by atoms with van der Waals surface area (Å²) >= 11 is 0. The molecule has 0 aromatic rings. The van der Waals surface area contributed by atoms with E-state index in [2.05, 4.69) is 17.1 Å². The highest BCUT2D eigenvalue weighted by Gasteiger charge is 2.41. The van der Waals surface area contributed by atoms with Crippen molar-refractivity contribution < 1.29 is 4.74 Å². The van der Waals surface area contributed by atoms with E-state index in [4.69, 9.17) is 4.74 Å². The first-order valence-electron chi connectivity index (χ1n) is 9.40. The highest BCUT2D eigenvalue weighted by Crippen LogP contribution is 2.41. The summed E-state index contributed by atoms with van der Waals surface area (Å²) in [6.07, 6.45) is 12.0. The van der Waals surface area contributed by atoms with E-state index in [1.807, 2.05) is 0 Å². The molecular weight excluding hydrogens is 260 g/mol. The van der Waals surface area contributed by atoms with Gasteiger partial charge in [-0.15, -0.1) is 0 Å². The van der Waals surface area contributed by atoms with Gasteiger partial charge in [0.05, 0.1) is 5.60 Å². The van der Waals surface area contributed by atoms with Gasteiger partial charge < -0.3 is 15.0 Å². The first-order valence-corrected chi connectivity index (χ1v) is 9.40. The van der Waals surface area contributed by atoms with Gasteiger partial charge in [-0.3, -0.25) is 0 Å². The van der Waals surface area contributed by atoms with Crippen LogP contribution in [0.15, 0.2) is 0 Å². The van der Waals surface area contributed by atoms with Gasteiger partial charge in [0.1, 0.15) is 0 Å². The van der Waals surface area contributed by atoms with Crippen LogP contribution in [0.25, 0.3) is 0 Å². The number of rotatable bonds is 5. The Hall–Kier alpha value is -0.120. The van der Waals surface area contributed by atoms with Crippen molar-refractivity contribution in [1.29, 1.82) is 0 Å². The zero-order chi connectivity index (χ0) is 14.5. The Kier molecular flexibility index (Phi) is 5.58. The number of nitrogens with one attached hydrogen (secondary N) is 1. The molecular formula is C18H34N2O. The topological polar surface area (TPSA) is 24.5 Å². The van der Waals surface area contributed by atoms with Crippen LogP contribution in [-0.2, 0) is 4.74 Å². The molecule has 1 N–H and O–H groups in total. The third-order valence-electron chi connectivity index (χ3n) is 6.01. The van der Waals surface area contributed by atoms with Crippen molar-refractivity contribution in [1.82, 2.24) is 10.2 Å². The van der Waals surface area contributed by atoms with Gasteiger partial charge in [-0.05, 0) is 77.0 Å². The summed E-state index contributed by atoms with van der Waals surface area (Å²) < 4.78 is 6.20. The Morgan fingerprint density at radius 3 is 2.62 bits per heavy atom. The van der Waals surface area contributed by atoms with Crippen molar-refractivity contribution in [2.24, 2.45) is 5.92 Å². The summed E-state index contributed by atoms with van der Waals surface area (Å²) in [6, 6.07) is 0.807. The molecule has 0 amide bonds. The molecule has 1 spiro atoms. The number of piperidine rings is 1. The van der Waals surface area contributed by atoms with Gasteiger partial charge in [-0.2, -0.15) is 0 Å². The lowest BCUT2D eigenvalue weighted by atomic mass is 9.86. The molecule has 2 heterocycles. The standard InChI is InChI=1S/C18H34N2O/c1-2-10-19-15-16-5-11-20(12-6-16)17-7-13-21-18(14-17)8-3-4-9-18/h16-17,19H,2-15H2,1H3. The molecule has 1 aliphatic carbocycles. The van der Waals surface area contributed by atoms with Crippen molar-refractivity contribution in [3.63, 3.8) is 0 Å². The van der Waals surface area contributed by atoms with Crippen LogP contribution in [0.2, 0.25) is 0 Å². The summed E-state index contributed by atoms with van der Waals surface area (Å²) in [7, 11) is 0. The first kappa shape index (κ1) is 15.8. The Morgan fingerprint density at radius 2 is 1.90 bits per heavy atom. The van der Waals surface area contributed by atoms with Crippen molar-refractivity contribution in [2.45, 2.75) is 76.4 Å². The smallest absolute Gasteiger partial charge is 0.0697 e. The minimum Gasteiger partial charge on any atom is -0.375 e. The van der Waals surface area contributed by atoms with E-state index >= 15 is 0 Å². The van der Waals surface area contributed by atoms with E-state index in [1.165, 1.54) is 84.0 Å². The molecule has 1 saturated carbocycles. The van der Waals surface area contributed by atoms with Gasteiger partial charge in [0.25, 0.3) is 0 Å². The highest BCUT2D eigenvalue weighted by atomic mass is 16.5. The predicted molar refractivity (Wildman–Crippen MR) is 87.6 cm³/mol. The maximum Gasteiger partial charge on any atom is 0.0697 e. The normalized spacial score (nSPS) is 31.0. The van der Waals surface area contributed by atoms with E-state index in [0.717, 1.165) is 18.6 Å². The van der Waals surface area contributed by atoms with Crippen LogP contribution in [0.3, 0.4) is 0 Å². The quantitative estimate of drug-likeness (QED) is 0.788. The molecule has 3 fully saturated rings. The van der Waals surface area contributed by atoms with Crippen molar-refractivity contribution in [3.05, 3.63) is 0 Å². The van der Waals surface area contributed by atoms with Crippen LogP contribution < -0.4 is 5.32 Å². The Balaban J connectivity index is 1.43. The predicted octanol–water partition coefficient (Wildman–Crippen LogP) is 3.19. The molecule has 2 aliphatic heterocycles. The lowest BCUT2D eigenvalue weighted by Crippen LogP contribution is -2.50. The zero-order valence-electron chi connectivity index (χ0n) is 13.9. The molecule has 3 rings (SSSR count). The van der Waals surface area contributed by atoms with Gasteiger partial charge in [-0.1, -0.05) is 19.8 Å². The van der Waals surface area contributed by atoms with E-state index in [0.29, 0.717) is 0 Å². The molecule has 3 aliphatic rings. The van der Waals surface area contributed by atoms with E-state index in [9.17, 15) is 0 Å². The number of hydrogen-bond acceptors (Lipinski definition) is 3. The maximum absolute atomic E-state index is 6.20. The van der Waals surface area contributed by atoms with Gasteiger partial charge >= 0.3 is 0 Å². The van der Waals surface area contributed by atoms with Crippen LogP contribution in [0.1, 0.15) is 64.7 Å². The number of likely N-dealkylation sites (tertiary alicyclic amines) is 1. The number of nitrogens with zero attached hydrogens (tertiary/aromatic N) is 1. The minimum atomic E-state index is 0.280. The van der Waals surface area contributed by atoms with E-state index in [1.54, 1.807) is 0 Å². The minimum absolute atomic E-state index is 0.280. The van der Waals surface area contributed by atoms with E-state index in [-0.39, 0.29) is 5.60 Å². The van der Waals surface area contributed by atoms with Crippen LogP contribution in [0.5, 0.6) is 0 Å². The van der Waals surface area contributed by atoms with Gasteiger partial charge in [0, 0.05) is 12.6 Å². The lowest BCUT2D eigenvalue weighted by molar-refractivity contribution is -0.104. The molecule has 3 nitrogen and oxygen atoms in total. The number of hydrogen-bond donors (Lipinski definition) is 1. The second-order valence-corrected chi connectivity index (χ2v) is 7.57. The molecule has 0 aromatic carbocycles. The SMILES string of the molecule is CCCNCC1CCN(C2CCOC3(CCCC3)C2)CC1. The van der Waals surface area contributed by atoms with Crippen LogP contribution in [0.4, 0.5) is 0 Å². The largest absolute Gasteiger partial charge is 0.375 e. The molecule has 0 aromatic heterocycles. The molecule has 21 heavy (non-hydrogen) atoms. The van der Waals surface area contributed by atoms with Gasteiger partial charge in [-0.25, -0.2) is 0 Å². The fraction of sp³-hybridized carbons (Fsp3) is 1.00. The Bertz CT molecular complexity index is 306. The summed E-state index contributed by atoms with van der Waals surface area (Å²) in [6.45, 7) is 8.31. The first-order chi connectivity index (χ1) is 10.3. The average Bonchev–Trinajstić information content (AvgIpc) is 2.96. The summed E-state index contributed by atoms with van der Waals surface area (Å²) in [4.78, 5) is 2.79. The van der Waals surface area contributed by atoms with E-state index < -0.39 is 0 Å². The van der Waals surface area contributed by atoms with Crippen LogP contribution in [-0.4, -0.2) is 49.3 Å². The summed E-state index contributed by atoms with van der Waals surface area (Å²) in [5.41, 5.74) is 0.280. The molecule has 1 atom stereocenters. The fourth-order valence-electron chi connectivity index (χ4n) is 4.69. The molecule has 2 saturated heterocycles. The molecule has 122 valence electrons. The molecule has 0 radical (unpaired) electrons. The Morgan fingerprint density at radius 1 is 1.14 bits per heavy atom. The van der Waals surface area contributed by atoms with Gasteiger partial charge in [0.15, 0.2) is 0 Å².